The predicted octanol–water partition coefficient (Wildman–Crippen LogP) is 0.513. The first-order valence-corrected chi connectivity index (χ1v) is 5.56. The van der Waals surface area contributed by atoms with E-state index in [1.807, 2.05) is 18.2 Å². The molecule has 0 saturated heterocycles. The third-order valence-electron chi connectivity index (χ3n) is 3.03. The van der Waals surface area contributed by atoms with E-state index in [4.69, 9.17) is 5.11 Å². The lowest BCUT2D eigenvalue weighted by atomic mass is 10.1. The predicted molar refractivity (Wildman–Crippen MR) is 59.7 cm³/mol. The van der Waals surface area contributed by atoms with Gasteiger partial charge in [0, 0.05) is 24.9 Å². The van der Waals surface area contributed by atoms with Gasteiger partial charge in [-0.2, -0.15) is 0 Å². The van der Waals surface area contributed by atoms with Crippen molar-refractivity contribution in [1.82, 2.24) is 10.3 Å². The molecule has 0 radical (unpaired) electrons. The van der Waals surface area contributed by atoms with E-state index in [-0.39, 0.29) is 12.5 Å². The van der Waals surface area contributed by atoms with Crippen LogP contribution in [0.15, 0.2) is 24.4 Å². The summed E-state index contributed by atoms with van der Waals surface area (Å²) >= 11 is 0. The number of aliphatic hydroxyl groups excluding tert-OH is 1. The first-order valence-electron chi connectivity index (χ1n) is 5.56. The van der Waals surface area contributed by atoms with E-state index in [1.165, 1.54) is 0 Å². The minimum Gasteiger partial charge on any atom is -0.395 e. The number of rotatable bonds is 5. The smallest absolute Gasteiger partial charge is 0.228 e. The molecule has 1 aromatic heterocycles. The van der Waals surface area contributed by atoms with Crippen molar-refractivity contribution in [2.45, 2.75) is 19.3 Å². The number of nitrogens with one attached hydrogen (secondary N) is 1. The Morgan fingerprint density at radius 1 is 1.50 bits per heavy atom. The van der Waals surface area contributed by atoms with Gasteiger partial charge in [0.05, 0.1) is 12.0 Å². The highest BCUT2D eigenvalue weighted by Gasteiger charge is 2.49. The van der Waals surface area contributed by atoms with Gasteiger partial charge >= 0.3 is 0 Å². The maximum atomic E-state index is 11.7. The third-order valence-corrected chi connectivity index (χ3v) is 3.03. The summed E-state index contributed by atoms with van der Waals surface area (Å²) in [5.74, 6) is -0.0223. The number of aromatic nitrogens is 1. The average molecular weight is 220 g/mol. The Balaban J connectivity index is 1.75. The van der Waals surface area contributed by atoms with Crippen LogP contribution in [0.2, 0.25) is 0 Å². The molecule has 4 heteroatoms. The summed E-state index contributed by atoms with van der Waals surface area (Å²) in [4.78, 5) is 15.8. The van der Waals surface area contributed by atoms with Crippen LogP contribution in [0.25, 0.3) is 0 Å². The van der Waals surface area contributed by atoms with Gasteiger partial charge in [0.1, 0.15) is 0 Å². The van der Waals surface area contributed by atoms with Crippen LogP contribution < -0.4 is 5.32 Å². The van der Waals surface area contributed by atoms with Crippen LogP contribution in [0, 0.1) is 5.41 Å². The normalized spacial score (nSPS) is 16.8. The number of hydrogen-bond acceptors (Lipinski definition) is 3. The molecule has 4 nitrogen and oxygen atoms in total. The zero-order chi connectivity index (χ0) is 11.4. The van der Waals surface area contributed by atoms with E-state index in [0.29, 0.717) is 6.54 Å². The van der Waals surface area contributed by atoms with E-state index in [1.54, 1.807) is 6.20 Å². The van der Waals surface area contributed by atoms with Gasteiger partial charge in [-0.05, 0) is 25.0 Å². The Morgan fingerprint density at radius 2 is 2.31 bits per heavy atom. The fourth-order valence-corrected chi connectivity index (χ4v) is 1.65. The first-order chi connectivity index (χ1) is 7.77. The Morgan fingerprint density at radius 3 is 2.88 bits per heavy atom. The molecule has 0 atom stereocenters. The van der Waals surface area contributed by atoms with Crippen molar-refractivity contribution in [2.75, 3.05) is 13.2 Å². The van der Waals surface area contributed by atoms with Crippen LogP contribution >= 0.6 is 0 Å². The number of hydrogen-bond donors (Lipinski definition) is 2. The van der Waals surface area contributed by atoms with Crippen LogP contribution in [0.1, 0.15) is 18.5 Å². The number of amides is 1. The molecule has 0 spiro atoms. The van der Waals surface area contributed by atoms with Crippen LogP contribution in [0.4, 0.5) is 0 Å². The summed E-state index contributed by atoms with van der Waals surface area (Å²) in [5.41, 5.74) is 0.501. The van der Waals surface area contributed by atoms with E-state index in [0.717, 1.165) is 25.0 Å². The van der Waals surface area contributed by atoms with E-state index in [2.05, 4.69) is 10.3 Å². The van der Waals surface area contributed by atoms with Gasteiger partial charge in [-0.3, -0.25) is 9.78 Å². The molecule has 1 fully saturated rings. The summed E-state index contributed by atoms with van der Waals surface area (Å²) in [5, 5.41) is 11.9. The molecule has 86 valence electrons. The second kappa shape index (κ2) is 4.61. The summed E-state index contributed by atoms with van der Waals surface area (Å²) in [7, 11) is 0. The van der Waals surface area contributed by atoms with Crippen molar-refractivity contribution in [3.63, 3.8) is 0 Å². The lowest BCUT2D eigenvalue weighted by Crippen LogP contribution is -2.35. The van der Waals surface area contributed by atoms with Crippen LogP contribution in [0.5, 0.6) is 0 Å². The van der Waals surface area contributed by atoms with Crippen LogP contribution in [-0.4, -0.2) is 29.1 Å². The minimum absolute atomic E-state index is 0.0223. The molecule has 1 aliphatic rings. The van der Waals surface area contributed by atoms with E-state index < -0.39 is 5.41 Å². The molecule has 0 aromatic carbocycles. The third kappa shape index (κ3) is 2.39. The van der Waals surface area contributed by atoms with Crippen LogP contribution in [-0.2, 0) is 11.2 Å². The monoisotopic (exact) mass is 220 g/mol. The molecular formula is C12H16N2O2. The van der Waals surface area contributed by atoms with Crippen molar-refractivity contribution >= 4 is 5.91 Å². The van der Waals surface area contributed by atoms with Crippen molar-refractivity contribution in [1.29, 1.82) is 0 Å². The number of pyridine rings is 1. The molecule has 0 aliphatic heterocycles. The molecule has 0 unspecified atom stereocenters. The first kappa shape index (κ1) is 11.1. The van der Waals surface area contributed by atoms with Gasteiger partial charge in [-0.1, -0.05) is 6.07 Å². The van der Waals surface area contributed by atoms with Crippen molar-refractivity contribution < 1.29 is 9.90 Å². The van der Waals surface area contributed by atoms with Gasteiger partial charge in [0.2, 0.25) is 5.91 Å². The summed E-state index contributed by atoms with van der Waals surface area (Å²) in [6.07, 6.45) is 4.08. The average Bonchev–Trinajstić information content (AvgIpc) is 3.11. The number of carbonyl (C=O) groups is 1. The summed E-state index contributed by atoms with van der Waals surface area (Å²) < 4.78 is 0. The van der Waals surface area contributed by atoms with Gasteiger partial charge in [0.15, 0.2) is 0 Å². The van der Waals surface area contributed by atoms with Crippen molar-refractivity contribution in [3.8, 4) is 0 Å². The van der Waals surface area contributed by atoms with Crippen LogP contribution in [0.3, 0.4) is 0 Å². The molecule has 1 aromatic rings. The maximum Gasteiger partial charge on any atom is 0.228 e. The second-order valence-corrected chi connectivity index (χ2v) is 4.27. The largest absolute Gasteiger partial charge is 0.395 e. The molecular weight excluding hydrogens is 204 g/mol. The Hall–Kier alpha value is -1.42. The molecule has 1 amide bonds. The topological polar surface area (TPSA) is 62.2 Å². The van der Waals surface area contributed by atoms with Gasteiger partial charge < -0.3 is 10.4 Å². The highest BCUT2D eigenvalue weighted by Crippen LogP contribution is 2.45. The van der Waals surface area contributed by atoms with Crippen molar-refractivity contribution in [2.24, 2.45) is 5.41 Å². The fraction of sp³-hybridized carbons (Fsp3) is 0.500. The van der Waals surface area contributed by atoms with Gasteiger partial charge in [0.25, 0.3) is 0 Å². The summed E-state index contributed by atoms with van der Waals surface area (Å²) in [6, 6.07) is 5.73. The quantitative estimate of drug-likeness (QED) is 0.760. The highest BCUT2D eigenvalue weighted by atomic mass is 16.3. The number of aliphatic hydroxyl groups is 1. The molecule has 2 N–H and O–H groups in total. The molecule has 1 aliphatic carbocycles. The molecule has 2 rings (SSSR count). The van der Waals surface area contributed by atoms with Gasteiger partial charge in [-0.15, -0.1) is 0 Å². The molecule has 1 saturated carbocycles. The minimum atomic E-state index is -0.468. The SMILES string of the molecule is O=C(NCCc1ccccn1)C1(CO)CC1. The lowest BCUT2D eigenvalue weighted by Gasteiger charge is -2.11. The number of carbonyl (C=O) groups excluding carboxylic acids is 1. The zero-order valence-electron chi connectivity index (χ0n) is 9.15. The Kier molecular flexibility index (Phi) is 3.19. The highest BCUT2D eigenvalue weighted by molar-refractivity contribution is 5.85. The van der Waals surface area contributed by atoms with E-state index >= 15 is 0 Å². The fourth-order valence-electron chi connectivity index (χ4n) is 1.65. The van der Waals surface area contributed by atoms with Crippen molar-refractivity contribution in [3.05, 3.63) is 30.1 Å². The summed E-state index contributed by atoms with van der Waals surface area (Å²) in [6.45, 7) is 0.542. The molecule has 1 heterocycles. The maximum absolute atomic E-state index is 11.7. The van der Waals surface area contributed by atoms with E-state index in [9.17, 15) is 4.79 Å². The Bertz CT molecular complexity index is 361. The number of nitrogens with zero attached hydrogens (tertiary/aromatic N) is 1. The second-order valence-electron chi connectivity index (χ2n) is 4.27. The Labute approximate surface area is 94.7 Å². The molecule has 16 heavy (non-hydrogen) atoms. The lowest BCUT2D eigenvalue weighted by molar-refractivity contribution is -0.127. The zero-order valence-corrected chi connectivity index (χ0v) is 9.15. The standard InChI is InChI=1S/C12H16N2O2/c15-9-12(5-6-12)11(16)14-8-4-10-3-1-2-7-13-10/h1-3,7,15H,4-6,8-9H2,(H,14,16). The molecule has 0 bridgehead atoms. The van der Waals surface area contributed by atoms with Gasteiger partial charge in [-0.25, -0.2) is 0 Å².